The first kappa shape index (κ1) is 15.0. The number of anilines is 2. The Balaban J connectivity index is 1.95. The van der Waals surface area contributed by atoms with E-state index in [1.165, 1.54) is 0 Å². The number of aryl methyl sites for hydroxylation is 1. The van der Waals surface area contributed by atoms with Crippen LogP contribution in [0, 0.1) is 0 Å². The van der Waals surface area contributed by atoms with Crippen LogP contribution in [-0.4, -0.2) is 26.1 Å². The third-order valence-electron chi connectivity index (χ3n) is 2.60. The van der Waals surface area contributed by atoms with E-state index in [9.17, 15) is 13.2 Å². The molecule has 21 heavy (non-hydrogen) atoms. The average molecular weight is 301 g/mol. The summed E-state index contributed by atoms with van der Waals surface area (Å²) in [4.78, 5) is 11.0. The number of nitrogen functional groups attached to an aromatic ring is 1. The number of rotatable bonds is 6. The Bertz CT molecular complexity index is 568. The summed E-state index contributed by atoms with van der Waals surface area (Å²) in [5.74, 6) is 4.85. The maximum atomic E-state index is 12.7. The fourth-order valence-corrected chi connectivity index (χ4v) is 1.64. The van der Waals surface area contributed by atoms with Crippen LogP contribution in [0.1, 0.15) is 12.1 Å². The summed E-state index contributed by atoms with van der Waals surface area (Å²) in [6.45, 7) is 1.16. The number of alkyl halides is 3. The van der Waals surface area contributed by atoms with Crippen molar-refractivity contribution in [1.82, 2.24) is 19.5 Å². The summed E-state index contributed by atoms with van der Waals surface area (Å²) in [5.41, 5.74) is 0.965. The maximum absolute atomic E-state index is 12.7. The van der Waals surface area contributed by atoms with Crippen LogP contribution in [0.15, 0.2) is 24.8 Å². The average Bonchev–Trinajstić information content (AvgIpc) is 2.95. The van der Waals surface area contributed by atoms with E-state index in [0.29, 0.717) is 19.5 Å². The second-order valence-corrected chi connectivity index (χ2v) is 4.18. The molecule has 114 valence electrons. The lowest BCUT2D eigenvalue weighted by molar-refractivity contribution is -0.141. The van der Waals surface area contributed by atoms with Crippen molar-refractivity contribution < 1.29 is 13.2 Å². The van der Waals surface area contributed by atoms with Crippen molar-refractivity contribution in [2.45, 2.75) is 19.1 Å². The van der Waals surface area contributed by atoms with Crippen LogP contribution in [0.25, 0.3) is 0 Å². The molecule has 0 fully saturated rings. The Kier molecular flexibility index (Phi) is 4.58. The lowest BCUT2D eigenvalue weighted by Crippen LogP contribution is -2.17. The number of aromatic nitrogens is 4. The van der Waals surface area contributed by atoms with E-state index in [1.54, 1.807) is 12.5 Å². The van der Waals surface area contributed by atoms with Gasteiger partial charge in [0.15, 0.2) is 5.69 Å². The van der Waals surface area contributed by atoms with Crippen molar-refractivity contribution in [3.05, 3.63) is 30.5 Å². The lowest BCUT2D eigenvalue weighted by atomic mass is 10.3. The minimum Gasteiger partial charge on any atom is -0.370 e. The summed E-state index contributed by atoms with van der Waals surface area (Å²) >= 11 is 0. The van der Waals surface area contributed by atoms with E-state index >= 15 is 0 Å². The second kappa shape index (κ2) is 6.39. The molecule has 0 aliphatic carbocycles. The number of hydrazine groups is 1. The Labute approximate surface area is 118 Å². The molecule has 0 saturated carbocycles. The van der Waals surface area contributed by atoms with Gasteiger partial charge in [-0.1, -0.05) is 0 Å². The lowest BCUT2D eigenvalue weighted by Gasteiger charge is -2.11. The number of nitrogens with two attached hydrogens (primary N) is 1. The van der Waals surface area contributed by atoms with E-state index < -0.39 is 11.9 Å². The number of imidazole rings is 1. The van der Waals surface area contributed by atoms with Crippen molar-refractivity contribution in [3.8, 4) is 0 Å². The fraction of sp³-hybridized carbons (Fsp3) is 0.364. The molecule has 0 unspecified atom stereocenters. The first-order chi connectivity index (χ1) is 9.99. The molecular weight excluding hydrogens is 287 g/mol. The fourth-order valence-electron chi connectivity index (χ4n) is 1.64. The van der Waals surface area contributed by atoms with Gasteiger partial charge in [0, 0.05) is 31.5 Å². The van der Waals surface area contributed by atoms with Gasteiger partial charge in [-0.15, -0.1) is 0 Å². The summed E-state index contributed by atoms with van der Waals surface area (Å²) in [5, 5.41) is 2.81. The molecule has 0 bridgehead atoms. The Morgan fingerprint density at radius 1 is 1.29 bits per heavy atom. The molecule has 10 heteroatoms. The van der Waals surface area contributed by atoms with Crippen molar-refractivity contribution in [1.29, 1.82) is 0 Å². The van der Waals surface area contributed by atoms with Crippen LogP contribution in [-0.2, 0) is 12.7 Å². The van der Waals surface area contributed by atoms with Crippen LogP contribution < -0.4 is 16.6 Å². The number of nitrogens with one attached hydrogen (secondary N) is 2. The molecule has 0 aromatic carbocycles. The summed E-state index contributed by atoms with van der Waals surface area (Å²) in [6, 6.07) is 0.845. The third kappa shape index (κ3) is 4.31. The molecule has 0 aliphatic heterocycles. The smallest absolute Gasteiger partial charge is 0.370 e. The van der Waals surface area contributed by atoms with Crippen molar-refractivity contribution >= 4 is 11.8 Å². The van der Waals surface area contributed by atoms with Gasteiger partial charge >= 0.3 is 6.18 Å². The van der Waals surface area contributed by atoms with Gasteiger partial charge in [-0.3, -0.25) is 5.43 Å². The van der Waals surface area contributed by atoms with Crippen molar-refractivity contribution in [2.75, 3.05) is 17.3 Å². The number of hydrogen-bond donors (Lipinski definition) is 3. The first-order valence-electron chi connectivity index (χ1n) is 6.11. The highest BCUT2D eigenvalue weighted by Crippen LogP contribution is 2.29. The van der Waals surface area contributed by atoms with Gasteiger partial charge in [0.05, 0.1) is 6.33 Å². The molecular formula is C11H14F3N7. The SMILES string of the molecule is NNc1nc(NCCCn2ccnc2)cc(C(F)(F)F)n1. The number of nitrogens with zero attached hydrogens (tertiary/aromatic N) is 4. The highest BCUT2D eigenvalue weighted by atomic mass is 19.4. The van der Waals surface area contributed by atoms with E-state index in [1.807, 2.05) is 16.2 Å². The summed E-state index contributed by atoms with van der Waals surface area (Å²) < 4.78 is 39.9. The van der Waals surface area contributed by atoms with Crippen LogP contribution in [0.5, 0.6) is 0 Å². The first-order valence-corrected chi connectivity index (χ1v) is 6.11. The van der Waals surface area contributed by atoms with Gasteiger partial charge in [-0.2, -0.15) is 18.2 Å². The molecule has 0 spiro atoms. The standard InChI is InChI=1S/C11H14F3N7/c12-11(13,14)8-6-9(19-10(18-8)20-15)17-2-1-4-21-5-3-16-7-21/h3,5-7H,1-2,4,15H2,(H2,17,18,19,20). The van der Waals surface area contributed by atoms with Crippen LogP contribution >= 0.6 is 0 Å². The highest BCUT2D eigenvalue weighted by molar-refractivity contribution is 5.42. The van der Waals surface area contributed by atoms with Gasteiger partial charge in [0.25, 0.3) is 0 Å². The van der Waals surface area contributed by atoms with Crippen molar-refractivity contribution in [2.24, 2.45) is 5.84 Å². The molecule has 0 aliphatic rings. The predicted molar refractivity (Wildman–Crippen MR) is 70.2 cm³/mol. The van der Waals surface area contributed by atoms with Crippen LogP contribution in [0.2, 0.25) is 0 Å². The monoisotopic (exact) mass is 301 g/mol. The van der Waals surface area contributed by atoms with E-state index in [4.69, 9.17) is 5.84 Å². The molecule has 0 saturated heterocycles. The van der Waals surface area contributed by atoms with E-state index in [0.717, 1.165) is 6.07 Å². The molecule has 2 aromatic heterocycles. The molecule has 2 aromatic rings. The normalized spacial score (nSPS) is 11.4. The molecule has 7 nitrogen and oxygen atoms in total. The highest BCUT2D eigenvalue weighted by Gasteiger charge is 2.33. The van der Waals surface area contributed by atoms with Crippen LogP contribution in [0.3, 0.4) is 0 Å². The zero-order valence-electron chi connectivity index (χ0n) is 10.9. The van der Waals surface area contributed by atoms with Gasteiger partial charge in [0.2, 0.25) is 5.95 Å². The van der Waals surface area contributed by atoms with Gasteiger partial charge in [-0.25, -0.2) is 15.8 Å². The zero-order chi connectivity index (χ0) is 15.3. The van der Waals surface area contributed by atoms with Gasteiger partial charge in [0.1, 0.15) is 5.82 Å². The summed E-state index contributed by atoms with van der Waals surface area (Å²) in [6.07, 6.45) is 1.29. The van der Waals surface area contributed by atoms with Crippen molar-refractivity contribution in [3.63, 3.8) is 0 Å². The topological polar surface area (TPSA) is 93.7 Å². The molecule has 4 N–H and O–H groups in total. The largest absolute Gasteiger partial charge is 0.433 e. The van der Waals surface area contributed by atoms with Gasteiger partial charge in [-0.05, 0) is 6.42 Å². The zero-order valence-corrected chi connectivity index (χ0v) is 10.9. The predicted octanol–water partition coefficient (Wildman–Crippen LogP) is 1.48. The Hall–Kier alpha value is -2.36. The van der Waals surface area contributed by atoms with Gasteiger partial charge < -0.3 is 9.88 Å². The molecule has 2 rings (SSSR count). The summed E-state index contributed by atoms with van der Waals surface area (Å²) in [7, 11) is 0. The maximum Gasteiger partial charge on any atom is 0.433 e. The molecule has 0 amide bonds. The van der Waals surface area contributed by atoms with Crippen LogP contribution in [0.4, 0.5) is 24.9 Å². The molecule has 0 radical (unpaired) electrons. The minimum atomic E-state index is -4.55. The Morgan fingerprint density at radius 3 is 2.71 bits per heavy atom. The quantitative estimate of drug-likeness (QED) is 0.425. The number of halogens is 3. The van der Waals surface area contributed by atoms with E-state index in [-0.39, 0.29) is 11.8 Å². The number of hydrogen-bond acceptors (Lipinski definition) is 6. The minimum absolute atomic E-state index is 0.0657. The third-order valence-corrected chi connectivity index (χ3v) is 2.60. The molecule has 2 heterocycles. The molecule has 0 atom stereocenters. The second-order valence-electron chi connectivity index (χ2n) is 4.18. The van der Waals surface area contributed by atoms with E-state index in [2.05, 4.69) is 20.3 Å². The Morgan fingerprint density at radius 2 is 2.10 bits per heavy atom.